The van der Waals surface area contributed by atoms with E-state index in [0.29, 0.717) is 36.0 Å². The first-order valence-electron chi connectivity index (χ1n) is 12.4. The summed E-state index contributed by atoms with van der Waals surface area (Å²) in [5.74, 6) is 3.03. The van der Waals surface area contributed by atoms with E-state index in [1.807, 2.05) is 19.3 Å². The van der Waals surface area contributed by atoms with E-state index in [2.05, 4.69) is 22.9 Å². The van der Waals surface area contributed by atoms with Crippen molar-refractivity contribution >= 4 is 29.4 Å². The fourth-order valence-electron chi connectivity index (χ4n) is 7.25. The number of hydrogen-bond donors (Lipinski definition) is 2. The van der Waals surface area contributed by atoms with Crippen LogP contribution in [0, 0.1) is 24.7 Å². The van der Waals surface area contributed by atoms with Crippen molar-refractivity contribution in [3.63, 3.8) is 0 Å². The van der Waals surface area contributed by atoms with Gasteiger partial charge in [-0.25, -0.2) is 0 Å². The first-order valence-corrected chi connectivity index (χ1v) is 13.2. The van der Waals surface area contributed by atoms with Crippen molar-refractivity contribution in [1.29, 1.82) is 0 Å². The Bertz CT molecular complexity index is 1080. The maximum absolute atomic E-state index is 11.3. The molecule has 6 heteroatoms. The average Bonchev–Trinajstić information content (AvgIpc) is 2.75. The van der Waals surface area contributed by atoms with Crippen molar-refractivity contribution < 1.29 is 10.2 Å². The van der Waals surface area contributed by atoms with Crippen molar-refractivity contribution in [2.75, 3.05) is 20.1 Å². The lowest BCUT2D eigenvalue weighted by atomic mass is 9.48. The molecule has 4 nitrogen and oxygen atoms in total. The van der Waals surface area contributed by atoms with Crippen LogP contribution in [0.15, 0.2) is 29.3 Å². The van der Waals surface area contributed by atoms with Crippen molar-refractivity contribution in [2.24, 2.45) is 22.7 Å². The number of aryl methyl sites for hydroxylation is 1. The third-order valence-corrected chi connectivity index (χ3v) is 8.79. The summed E-state index contributed by atoms with van der Waals surface area (Å²) in [6, 6.07) is 7.55. The molecule has 0 radical (unpaired) electrons. The van der Waals surface area contributed by atoms with Gasteiger partial charge in [-0.3, -0.25) is 4.99 Å². The standard InChI is InChI=1S/C28H34Cl2N2O2/c1-17-5-21(15-31-3-4-32(2)16-22-10-23(29)11-25(30)27(22)34)26(33)24(6-17)28-12-18-7-19(13-28)9-20(8-18)14-28/h5-6,10-11,15,18-20,33-34H,3-4,7-9,12-14,16H2,1-2H3. The monoisotopic (exact) mass is 500 g/mol. The van der Waals surface area contributed by atoms with Crippen LogP contribution in [0.1, 0.15) is 60.8 Å². The fourth-order valence-corrected chi connectivity index (χ4v) is 7.79. The quantitative estimate of drug-likeness (QED) is 0.414. The SMILES string of the molecule is Cc1cc(C=NCCN(C)Cc2cc(Cl)cc(Cl)c2O)c(O)c(C23CC4CC(CC(C4)C2)C3)c1. The summed E-state index contributed by atoms with van der Waals surface area (Å²) in [7, 11) is 1.97. The molecule has 4 aliphatic carbocycles. The summed E-state index contributed by atoms with van der Waals surface area (Å²) in [6.45, 7) is 3.94. The minimum Gasteiger partial charge on any atom is -0.507 e. The van der Waals surface area contributed by atoms with Gasteiger partial charge in [-0.1, -0.05) is 29.3 Å². The van der Waals surface area contributed by atoms with E-state index in [-0.39, 0.29) is 16.2 Å². The van der Waals surface area contributed by atoms with Gasteiger partial charge in [0.1, 0.15) is 11.5 Å². The molecule has 6 rings (SSSR count). The van der Waals surface area contributed by atoms with Gasteiger partial charge in [0, 0.05) is 41.0 Å². The van der Waals surface area contributed by atoms with Crippen LogP contribution in [-0.2, 0) is 12.0 Å². The topological polar surface area (TPSA) is 56.1 Å². The Morgan fingerprint density at radius 3 is 2.29 bits per heavy atom. The van der Waals surface area contributed by atoms with Crippen LogP contribution < -0.4 is 0 Å². The van der Waals surface area contributed by atoms with Gasteiger partial charge in [-0.05, 0) is 99.4 Å². The summed E-state index contributed by atoms with van der Waals surface area (Å²) in [5, 5.41) is 22.3. The molecule has 0 saturated heterocycles. The van der Waals surface area contributed by atoms with E-state index in [4.69, 9.17) is 23.2 Å². The Morgan fingerprint density at radius 2 is 1.65 bits per heavy atom. The third-order valence-electron chi connectivity index (χ3n) is 8.28. The van der Waals surface area contributed by atoms with Gasteiger partial charge in [-0.15, -0.1) is 0 Å². The largest absolute Gasteiger partial charge is 0.507 e. The Kier molecular flexibility index (Phi) is 6.60. The van der Waals surface area contributed by atoms with Gasteiger partial charge >= 0.3 is 0 Å². The molecule has 0 unspecified atom stereocenters. The fraction of sp³-hybridized carbons (Fsp3) is 0.536. The van der Waals surface area contributed by atoms with Gasteiger partial charge in [0.25, 0.3) is 0 Å². The highest BCUT2D eigenvalue weighted by atomic mass is 35.5. The number of halogens is 2. The number of phenols is 2. The number of nitrogens with zero attached hydrogens (tertiary/aromatic N) is 2. The highest BCUT2D eigenvalue weighted by molar-refractivity contribution is 6.35. The Balaban J connectivity index is 1.26. The molecule has 4 aliphatic rings. The summed E-state index contributed by atoms with van der Waals surface area (Å²) < 4.78 is 0. The lowest BCUT2D eigenvalue weighted by Gasteiger charge is -2.57. The van der Waals surface area contributed by atoms with Gasteiger partial charge < -0.3 is 15.1 Å². The highest BCUT2D eigenvalue weighted by Crippen LogP contribution is 2.62. The third kappa shape index (κ3) is 4.69. The molecule has 2 aromatic carbocycles. The lowest BCUT2D eigenvalue weighted by Crippen LogP contribution is -2.48. The Labute approximate surface area is 212 Å². The Morgan fingerprint density at radius 1 is 1.00 bits per heavy atom. The average molecular weight is 501 g/mol. The molecule has 0 atom stereocenters. The second-order valence-electron chi connectivity index (χ2n) is 11.1. The van der Waals surface area contributed by atoms with Crippen molar-refractivity contribution in [1.82, 2.24) is 4.90 Å². The second-order valence-corrected chi connectivity index (χ2v) is 12.0. The number of benzene rings is 2. The van der Waals surface area contributed by atoms with E-state index in [1.165, 1.54) is 55.7 Å². The second kappa shape index (κ2) is 9.37. The Hall–Kier alpha value is -1.75. The summed E-state index contributed by atoms with van der Waals surface area (Å²) in [5.41, 5.74) is 4.04. The zero-order valence-electron chi connectivity index (χ0n) is 20.0. The van der Waals surface area contributed by atoms with Gasteiger partial charge in [-0.2, -0.15) is 0 Å². The minimum absolute atomic E-state index is 0.0725. The summed E-state index contributed by atoms with van der Waals surface area (Å²) in [6.07, 6.45) is 9.72. The molecule has 0 aliphatic heterocycles. The molecule has 34 heavy (non-hydrogen) atoms. The number of aliphatic imine (C=N–C) groups is 1. The number of phenolic OH excluding ortho intramolecular Hbond substituents is 2. The van der Waals surface area contributed by atoms with Crippen LogP contribution in [0.4, 0.5) is 0 Å². The van der Waals surface area contributed by atoms with E-state index >= 15 is 0 Å². The molecule has 0 spiro atoms. The maximum atomic E-state index is 11.3. The molecule has 4 saturated carbocycles. The predicted molar refractivity (Wildman–Crippen MR) is 140 cm³/mol. The number of likely N-dealkylation sites (N-methyl/N-ethyl adjacent to an activating group) is 1. The maximum Gasteiger partial charge on any atom is 0.138 e. The van der Waals surface area contributed by atoms with Crippen LogP contribution in [0.3, 0.4) is 0 Å². The molecule has 4 bridgehead atoms. The molecular formula is C28H34Cl2N2O2. The van der Waals surface area contributed by atoms with Crippen molar-refractivity contribution in [2.45, 2.75) is 57.4 Å². The van der Waals surface area contributed by atoms with E-state index in [9.17, 15) is 10.2 Å². The number of rotatable bonds is 7. The van der Waals surface area contributed by atoms with Crippen LogP contribution in [0.2, 0.25) is 10.0 Å². The predicted octanol–water partition coefficient (Wildman–Crippen LogP) is 6.73. The van der Waals surface area contributed by atoms with Crippen molar-refractivity contribution in [3.05, 3.63) is 56.6 Å². The number of aromatic hydroxyl groups is 2. The minimum atomic E-state index is 0.0725. The molecule has 182 valence electrons. The van der Waals surface area contributed by atoms with Crippen LogP contribution in [0.25, 0.3) is 0 Å². The lowest BCUT2D eigenvalue weighted by molar-refractivity contribution is -0.00616. The number of hydrogen-bond acceptors (Lipinski definition) is 4. The van der Waals surface area contributed by atoms with Crippen LogP contribution >= 0.6 is 23.2 Å². The molecule has 0 heterocycles. The van der Waals surface area contributed by atoms with Gasteiger partial charge in [0.15, 0.2) is 0 Å². The van der Waals surface area contributed by atoms with Gasteiger partial charge in [0.2, 0.25) is 0 Å². The van der Waals surface area contributed by atoms with E-state index in [0.717, 1.165) is 23.3 Å². The zero-order chi connectivity index (χ0) is 24.0. The molecule has 0 amide bonds. The van der Waals surface area contributed by atoms with Crippen LogP contribution in [0.5, 0.6) is 11.5 Å². The smallest absolute Gasteiger partial charge is 0.138 e. The normalized spacial score (nSPS) is 27.9. The molecule has 2 aromatic rings. The first-order chi connectivity index (χ1) is 16.2. The molecule has 0 aromatic heterocycles. The summed E-state index contributed by atoms with van der Waals surface area (Å²) >= 11 is 12.1. The van der Waals surface area contributed by atoms with Crippen LogP contribution in [-0.4, -0.2) is 41.5 Å². The molecular weight excluding hydrogens is 467 g/mol. The first kappa shape index (κ1) is 24.0. The molecule has 4 fully saturated rings. The molecule has 2 N–H and O–H groups in total. The summed E-state index contributed by atoms with van der Waals surface area (Å²) in [4.78, 5) is 6.69. The van der Waals surface area contributed by atoms with Crippen molar-refractivity contribution in [3.8, 4) is 11.5 Å². The van der Waals surface area contributed by atoms with Gasteiger partial charge in [0.05, 0.1) is 11.6 Å². The zero-order valence-corrected chi connectivity index (χ0v) is 21.5. The van der Waals surface area contributed by atoms with E-state index < -0.39 is 0 Å². The van der Waals surface area contributed by atoms with E-state index in [1.54, 1.807) is 6.07 Å². The highest BCUT2D eigenvalue weighted by Gasteiger charge is 2.52.